The Bertz CT molecular complexity index is 1560. The van der Waals surface area contributed by atoms with Crippen molar-refractivity contribution >= 4 is 39.8 Å². The topological polar surface area (TPSA) is 92.2 Å². The van der Waals surface area contributed by atoms with E-state index in [1.165, 1.54) is 0 Å². The molecule has 1 aromatic heterocycles. The van der Waals surface area contributed by atoms with E-state index in [2.05, 4.69) is 37.0 Å². The number of anilines is 3. The third-order valence-electron chi connectivity index (χ3n) is 6.24. The van der Waals surface area contributed by atoms with Crippen molar-refractivity contribution in [2.24, 2.45) is 9.98 Å². The molecule has 6 rings (SSSR count). The molecular formula is C29H28N6O2. The number of rotatable bonds is 4. The summed E-state index contributed by atoms with van der Waals surface area (Å²) in [5.74, 6) is 2.34. The molecular weight excluding hydrogens is 464 g/mol. The van der Waals surface area contributed by atoms with Crippen LogP contribution >= 0.6 is 0 Å². The largest absolute Gasteiger partial charge is 0.462 e. The summed E-state index contributed by atoms with van der Waals surface area (Å²) in [5, 5.41) is 11.2. The van der Waals surface area contributed by atoms with Gasteiger partial charge in [0.25, 0.3) is 6.02 Å². The average molecular weight is 493 g/mol. The first kappa shape index (κ1) is 22.8. The monoisotopic (exact) mass is 492 g/mol. The van der Waals surface area contributed by atoms with E-state index in [0.29, 0.717) is 19.3 Å². The molecule has 0 bridgehead atoms. The molecule has 0 atom stereocenters. The van der Waals surface area contributed by atoms with Crippen molar-refractivity contribution < 1.29 is 9.47 Å². The maximum atomic E-state index is 6.17. The van der Waals surface area contributed by atoms with Gasteiger partial charge < -0.3 is 25.4 Å². The Morgan fingerprint density at radius 1 is 0.973 bits per heavy atom. The molecule has 186 valence electrons. The highest BCUT2D eigenvalue weighted by Crippen LogP contribution is 2.31. The van der Waals surface area contributed by atoms with Crippen LogP contribution in [0.5, 0.6) is 11.5 Å². The lowest BCUT2D eigenvalue weighted by Crippen LogP contribution is -2.23. The second-order valence-corrected chi connectivity index (χ2v) is 9.81. The summed E-state index contributed by atoms with van der Waals surface area (Å²) >= 11 is 0. The van der Waals surface area contributed by atoms with Gasteiger partial charge in [0, 0.05) is 40.3 Å². The molecule has 0 fully saturated rings. The molecule has 0 spiro atoms. The van der Waals surface area contributed by atoms with Crippen LogP contribution in [0.15, 0.2) is 82.9 Å². The van der Waals surface area contributed by atoms with E-state index in [4.69, 9.17) is 9.47 Å². The Kier molecular flexibility index (Phi) is 5.64. The lowest BCUT2D eigenvalue weighted by molar-refractivity contribution is 0.278. The third kappa shape index (κ3) is 4.91. The molecule has 0 radical (unpaired) electrons. The molecule has 8 nitrogen and oxygen atoms in total. The summed E-state index contributed by atoms with van der Waals surface area (Å²) in [6.45, 7) is 7.19. The van der Waals surface area contributed by atoms with Gasteiger partial charge in [0.15, 0.2) is 0 Å². The van der Waals surface area contributed by atoms with Gasteiger partial charge in [0.1, 0.15) is 30.6 Å². The Hall–Kier alpha value is -4.59. The van der Waals surface area contributed by atoms with Crippen LogP contribution in [0.3, 0.4) is 0 Å². The number of benzene rings is 3. The van der Waals surface area contributed by atoms with Crippen LogP contribution in [-0.4, -0.2) is 35.7 Å². The smallest absolute Gasteiger partial charge is 0.289 e. The summed E-state index contributed by atoms with van der Waals surface area (Å²) < 4.78 is 11.9. The van der Waals surface area contributed by atoms with Crippen LogP contribution in [-0.2, 0) is 4.74 Å². The summed E-state index contributed by atoms with van der Waals surface area (Å²) in [6, 6.07) is 22.6. The van der Waals surface area contributed by atoms with Gasteiger partial charge in [-0.3, -0.25) is 4.98 Å². The van der Waals surface area contributed by atoms with Gasteiger partial charge in [-0.2, -0.15) is 0 Å². The minimum absolute atomic E-state index is 0.217. The Morgan fingerprint density at radius 3 is 2.68 bits per heavy atom. The van der Waals surface area contributed by atoms with E-state index >= 15 is 0 Å². The maximum Gasteiger partial charge on any atom is 0.289 e. The summed E-state index contributed by atoms with van der Waals surface area (Å²) in [4.78, 5) is 13.7. The molecule has 0 aliphatic carbocycles. The number of nitrogens with zero attached hydrogens (tertiary/aromatic N) is 3. The number of ether oxygens (including phenoxy) is 2. The average Bonchev–Trinajstić information content (AvgIpc) is 3.23. The minimum atomic E-state index is -0.217. The van der Waals surface area contributed by atoms with Crippen molar-refractivity contribution in [1.29, 1.82) is 0 Å². The Balaban J connectivity index is 1.19. The van der Waals surface area contributed by atoms with Gasteiger partial charge in [0.2, 0.25) is 0 Å². The molecule has 2 aliphatic heterocycles. The van der Waals surface area contributed by atoms with Gasteiger partial charge in [-0.25, -0.2) is 9.98 Å². The highest BCUT2D eigenvalue weighted by molar-refractivity contribution is 6.13. The van der Waals surface area contributed by atoms with E-state index in [1.54, 1.807) is 6.20 Å². The van der Waals surface area contributed by atoms with E-state index in [9.17, 15) is 0 Å². The number of nitrogens with one attached hydrogen (secondary N) is 3. The van der Waals surface area contributed by atoms with Crippen LogP contribution in [0.1, 0.15) is 25.0 Å². The van der Waals surface area contributed by atoms with Crippen molar-refractivity contribution in [3.63, 3.8) is 0 Å². The standard InChI is InChI=1S/C29H28N6O2/c1-18-13-20(8-11-26(18)37-22-9-6-19-5-4-12-30-25(19)15-22)33-27-23-14-21(7-10-24(23)31-17-32-27)34-28-35-29(2,3)16-36-28/h4-15,31H,16-17H2,1-3H3,(H,32,33)(H,34,35). The number of hydrogen-bond donors (Lipinski definition) is 3. The van der Waals surface area contributed by atoms with Crippen LogP contribution in [0.25, 0.3) is 10.9 Å². The number of fused-ring (bicyclic) bond motifs is 2. The van der Waals surface area contributed by atoms with Gasteiger partial charge in [-0.05, 0) is 80.9 Å². The summed E-state index contributed by atoms with van der Waals surface area (Å²) in [7, 11) is 0. The maximum absolute atomic E-state index is 6.17. The van der Waals surface area contributed by atoms with Gasteiger partial charge in [-0.1, -0.05) is 6.07 Å². The third-order valence-corrected chi connectivity index (χ3v) is 6.24. The zero-order chi connectivity index (χ0) is 25.4. The van der Waals surface area contributed by atoms with Crippen LogP contribution < -0.4 is 20.7 Å². The number of aliphatic imine (C=N–C) groups is 2. The molecule has 0 unspecified atom stereocenters. The Labute approximate surface area is 215 Å². The quantitative estimate of drug-likeness (QED) is 0.316. The molecule has 37 heavy (non-hydrogen) atoms. The molecule has 3 aromatic carbocycles. The van der Waals surface area contributed by atoms with Gasteiger partial charge in [-0.15, -0.1) is 0 Å². The van der Waals surface area contributed by atoms with Crippen molar-refractivity contribution in [3.05, 3.63) is 84.1 Å². The predicted octanol–water partition coefficient (Wildman–Crippen LogP) is 6.15. The normalized spacial score (nSPS) is 15.6. The zero-order valence-electron chi connectivity index (χ0n) is 21.0. The molecule has 0 amide bonds. The molecule has 3 heterocycles. The van der Waals surface area contributed by atoms with E-state index in [0.717, 1.165) is 56.4 Å². The van der Waals surface area contributed by atoms with Crippen LogP contribution in [0.2, 0.25) is 0 Å². The lowest BCUT2D eigenvalue weighted by atomic mass is 10.1. The highest BCUT2D eigenvalue weighted by Gasteiger charge is 2.26. The van der Waals surface area contributed by atoms with Crippen LogP contribution in [0.4, 0.5) is 17.1 Å². The fraction of sp³-hybridized carbons (Fsp3) is 0.207. The molecule has 0 saturated heterocycles. The first-order valence-electron chi connectivity index (χ1n) is 12.2. The van der Waals surface area contributed by atoms with E-state index < -0.39 is 0 Å². The highest BCUT2D eigenvalue weighted by atomic mass is 16.5. The molecule has 4 aromatic rings. The first-order valence-corrected chi connectivity index (χ1v) is 12.2. The lowest BCUT2D eigenvalue weighted by Gasteiger charge is -2.21. The first-order chi connectivity index (χ1) is 17.9. The number of aryl methyl sites for hydroxylation is 1. The predicted molar refractivity (Wildman–Crippen MR) is 149 cm³/mol. The Morgan fingerprint density at radius 2 is 1.84 bits per heavy atom. The summed E-state index contributed by atoms with van der Waals surface area (Å²) in [5.41, 5.74) is 5.50. The fourth-order valence-electron chi connectivity index (χ4n) is 4.35. The second-order valence-electron chi connectivity index (χ2n) is 9.81. The van der Waals surface area contributed by atoms with Crippen molar-refractivity contribution in [2.75, 3.05) is 29.2 Å². The van der Waals surface area contributed by atoms with Gasteiger partial charge >= 0.3 is 0 Å². The van der Waals surface area contributed by atoms with Gasteiger partial charge in [0.05, 0.1) is 11.1 Å². The molecule has 2 aliphatic rings. The number of hydrogen-bond acceptors (Lipinski definition) is 8. The molecule has 0 saturated carbocycles. The van der Waals surface area contributed by atoms with Crippen LogP contribution in [0, 0.1) is 6.92 Å². The number of amidine groups is 2. The fourth-order valence-corrected chi connectivity index (χ4v) is 4.35. The second kappa shape index (κ2) is 9.13. The summed E-state index contributed by atoms with van der Waals surface area (Å²) in [6.07, 6.45) is 1.79. The SMILES string of the molecule is Cc1cc(NC2=NCNc3ccc(NC4=NC(C)(C)CO4)cc32)ccc1Oc1ccc2cccnc2c1. The van der Waals surface area contributed by atoms with Crippen molar-refractivity contribution in [3.8, 4) is 11.5 Å². The van der Waals surface area contributed by atoms with E-state index in [-0.39, 0.29) is 5.54 Å². The number of aromatic nitrogens is 1. The zero-order valence-corrected chi connectivity index (χ0v) is 21.0. The van der Waals surface area contributed by atoms with E-state index in [1.807, 2.05) is 81.4 Å². The minimum Gasteiger partial charge on any atom is -0.462 e. The van der Waals surface area contributed by atoms with Crippen molar-refractivity contribution in [1.82, 2.24) is 4.98 Å². The number of pyridine rings is 1. The van der Waals surface area contributed by atoms with Crippen molar-refractivity contribution in [2.45, 2.75) is 26.3 Å². The molecule has 8 heteroatoms. The molecule has 3 N–H and O–H groups in total.